The number of nitrogens with two attached hydrogens (primary N) is 1. The van der Waals surface area contributed by atoms with Crippen molar-refractivity contribution in [1.29, 1.82) is 5.26 Å². The number of nitrogens with one attached hydrogen (secondary N) is 1. The number of nitrogen functional groups attached to an aromatic ring is 1. The molecule has 0 spiro atoms. The fourth-order valence-electron chi connectivity index (χ4n) is 1.82. The highest BCUT2D eigenvalue weighted by Crippen LogP contribution is 2.23. The van der Waals surface area contributed by atoms with Crippen molar-refractivity contribution in [3.8, 4) is 6.07 Å². The number of nitriles is 1. The molecule has 0 aliphatic carbocycles. The molecule has 0 radical (unpaired) electrons. The Bertz CT molecular complexity index is 581. The lowest BCUT2D eigenvalue weighted by atomic mass is 10.2. The zero-order valence-electron chi connectivity index (χ0n) is 10.8. The van der Waals surface area contributed by atoms with Gasteiger partial charge in [-0.05, 0) is 19.4 Å². The second kappa shape index (κ2) is 5.42. The van der Waals surface area contributed by atoms with Crippen molar-refractivity contribution < 1.29 is 8.42 Å². The first-order chi connectivity index (χ1) is 8.34. The van der Waals surface area contributed by atoms with E-state index in [2.05, 4.69) is 4.72 Å². The Morgan fingerprint density at radius 3 is 2.50 bits per heavy atom. The minimum atomic E-state index is -3.28. The normalized spacial score (nSPS) is 11.4. The van der Waals surface area contributed by atoms with E-state index in [1.54, 1.807) is 18.4 Å². The Morgan fingerprint density at radius 1 is 1.44 bits per heavy atom. The highest BCUT2D eigenvalue weighted by atomic mass is 32.2. The van der Waals surface area contributed by atoms with Gasteiger partial charge in [-0.15, -0.1) is 0 Å². The molecule has 1 heterocycles. The lowest BCUT2D eigenvalue weighted by molar-refractivity contribution is 0.576. The molecule has 0 saturated carbocycles. The van der Waals surface area contributed by atoms with Gasteiger partial charge in [0.25, 0.3) is 0 Å². The van der Waals surface area contributed by atoms with Gasteiger partial charge >= 0.3 is 0 Å². The van der Waals surface area contributed by atoms with Gasteiger partial charge in [0.1, 0.15) is 11.9 Å². The number of sulfonamides is 1. The Kier molecular flexibility index (Phi) is 4.38. The van der Waals surface area contributed by atoms with Crippen molar-refractivity contribution in [2.24, 2.45) is 0 Å². The van der Waals surface area contributed by atoms with E-state index in [4.69, 9.17) is 11.0 Å². The van der Waals surface area contributed by atoms with Crippen LogP contribution in [-0.4, -0.2) is 25.3 Å². The van der Waals surface area contributed by atoms with Crippen LogP contribution in [0.25, 0.3) is 0 Å². The quantitative estimate of drug-likeness (QED) is 0.813. The second-order valence-corrected chi connectivity index (χ2v) is 5.98. The molecule has 6 nitrogen and oxygen atoms in total. The minimum absolute atomic E-state index is 0.0507. The largest absolute Gasteiger partial charge is 0.384 e. The fourth-order valence-corrected chi connectivity index (χ4v) is 2.83. The maximum Gasteiger partial charge on any atom is 0.213 e. The van der Waals surface area contributed by atoms with Gasteiger partial charge in [0.05, 0.1) is 11.3 Å². The van der Waals surface area contributed by atoms with Crippen LogP contribution < -0.4 is 10.5 Å². The van der Waals surface area contributed by atoms with Gasteiger partial charge < -0.3 is 10.3 Å². The van der Waals surface area contributed by atoms with E-state index in [0.29, 0.717) is 17.9 Å². The second-order valence-electron chi connectivity index (χ2n) is 4.05. The monoisotopic (exact) mass is 270 g/mol. The Morgan fingerprint density at radius 2 is 2.06 bits per heavy atom. The number of anilines is 1. The summed E-state index contributed by atoms with van der Waals surface area (Å²) in [6.07, 6.45) is 0. The van der Waals surface area contributed by atoms with Crippen LogP contribution in [0.2, 0.25) is 0 Å². The summed E-state index contributed by atoms with van der Waals surface area (Å²) in [5, 5.41) is 8.98. The van der Waals surface area contributed by atoms with Gasteiger partial charge in [-0.25, -0.2) is 13.1 Å². The lowest BCUT2D eigenvalue weighted by Crippen LogP contribution is -2.28. The smallest absolute Gasteiger partial charge is 0.213 e. The summed E-state index contributed by atoms with van der Waals surface area (Å²) in [6.45, 7) is 5.97. The molecule has 18 heavy (non-hydrogen) atoms. The highest BCUT2D eigenvalue weighted by molar-refractivity contribution is 7.89. The van der Waals surface area contributed by atoms with Crippen LogP contribution >= 0.6 is 0 Å². The number of aromatic nitrogens is 1. The molecule has 0 amide bonds. The first-order valence-electron chi connectivity index (χ1n) is 5.66. The third-order valence-electron chi connectivity index (χ3n) is 2.93. The summed E-state index contributed by atoms with van der Waals surface area (Å²) in [6, 6.07) is 2.04. The average molecular weight is 270 g/mol. The fraction of sp³-hybridized carbons (Fsp3) is 0.545. The molecule has 1 aromatic heterocycles. The van der Waals surface area contributed by atoms with Gasteiger partial charge in [-0.3, -0.25) is 0 Å². The number of nitrogens with zero attached hydrogens (tertiary/aromatic N) is 2. The van der Waals surface area contributed by atoms with Crippen LogP contribution in [0.3, 0.4) is 0 Å². The molecule has 7 heteroatoms. The predicted molar refractivity (Wildman–Crippen MR) is 70.5 cm³/mol. The molecule has 1 aromatic rings. The van der Waals surface area contributed by atoms with Crippen LogP contribution in [0.1, 0.15) is 23.7 Å². The van der Waals surface area contributed by atoms with Crippen LogP contribution in [0.5, 0.6) is 0 Å². The van der Waals surface area contributed by atoms with Crippen LogP contribution in [0.15, 0.2) is 0 Å². The summed E-state index contributed by atoms with van der Waals surface area (Å²) in [5.41, 5.74) is 7.90. The van der Waals surface area contributed by atoms with Gasteiger partial charge in [-0.2, -0.15) is 5.26 Å². The maximum absolute atomic E-state index is 11.6. The van der Waals surface area contributed by atoms with Crippen molar-refractivity contribution in [3.63, 3.8) is 0 Å². The Balaban J connectivity index is 2.98. The van der Waals surface area contributed by atoms with E-state index < -0.39 is 10.0 Å². The molecular weight excluding hydrogens is 252 g/mol. The average Bonchev–Trinajstić information content (AvgIpc) is 2.48. The predicted octanol–water partition coefficient (Wildman–Crippen LogP) is 0.498. The summed E-state index contributed by atoms with van der Waals surface area (Å²) >= 11 is 0. The van der Waals surface area contributed by atoms with Gasteiger partial charge in [-0.1, -0.05) is 6.92 Å². The van der Waals surface area contributed by atoms with Gasteiger partial charge in [0.15, 0.2) is 0 Å². The van der Waals surface area contributed by atoms with Gasteiger partial charge in [0.2, 0.25) is 10.0 Å². The van der Waals surface area contributed by atoms with E-state index in [9.17, 15) is 8.42 Å². The van der Waals surface area contributed by atoms with Crippen molar-refractivity contribution in [2.45, 2.75) is 27.3 Å². The SMILES string of the molecule is CCNS(=O)(=O)CCn1c(C)c(C)c(C#N)c1N. The molecule has 0 aromatic carbocycles. The zero-order chi connectivity index (χ0) is 13.9. The van der Waals surface area contributed by atoms with E-state index in [0.717, 1.165) is 11.3 Å². The maximum atomic E-state index is 11.6. The molecule has 0 saturated heterocycles. The lowest BCUT2D eigenvalue weighted by Gasteiger charge is -2.09. The van der Waals surface area contributed by atoms with Crippen LogP contribution in [0, 0.1) is 25.2 Å². The van der Waals surface area contributed by atoms with Crippen molar-refractivity contribution in [3.05, 3.63) is 16.8 Å². The summed E-state index contributed by atoms with van der Waals surface area (Å²) in [5.74, 6) is 0.282. The molecule has 0 unspecified atom stereocenters. The van der Waals surface area contributed by atoms with E-state index in [1.807, 2.05) is 13.0 Å². The number of rotatable bonds is 5. The summed E-state index contributed by atoms with van der Waals surface area (Å²) in [4.78, 5) is 0. The molecular formula is C11H18N4O2S. The molecule has 3 N–H and O–H groups in total. The Hall–Kier alpha value is -1.52. The number of hydrogen-bond donors (Lipinski definition) is 2. The minimum Gasteiger partial charge on any atom is -0.384 e. The van der Waals surface area contributed by atoms with Crippen LogP contribution in [-0.2, 0) is 16.6 Å². The Labute approximate surface area is 107 Å². The van der Waals surface area contributed by atoms with Crippen molar-refractivity contribution in [2.75, 3.05) is 18.0 Å². The van der Waals surface area contributed by atoms with E-state index in [1.165, 1.54) is 0 Å². The van der Waals surface area contributed by atoms with Crippen LogP contribution in [0.4, 0.5) is 5.82 Å². The van der Waals surface area contributed by atoms with Crippen molar-refractivity contribution in [1.82, 2.24) is 9.29 Å². The molecule has 0 bridgehead atoms. The number of hydrogen-bond acceptors (Lipinski definition) is 4. The molecule has 0 fully saturated rings. The molecule has 100 valence electrons. The zero-order valence-corrected chi connectivity index (χ0v) is 11.6. The standard InChI is InChI=1S/C11H18N4O2S/c1-4-14-18(16,17)6-5-15-9(3)8(2)10(7-12)11(15)13/h14H,4-6,13H2,1-3H3. The van der Waals surface area contributed by atoms with E-state index >= 15 is 0 Å². The molecule has 1 rings (SSSR count). The molecule has 0 aliphatic heterocycles. The highest BCUT2D eigenvalue weighted by Gasteiger charge is 2.17. The first-order valence-corrected chi connectivity index (χ1v) is 7.31. The first kappa shape index (κ1) is 14.5. The molecule has 0 aliphatic rings. The summed E-state index contributed by atoms with van der Waals surface area (Å²) in [7, 11) is -3.28. The van der Waals surface area contributed by atoms with Gasteiger partial charge in [0, 0.05) is 18.8 Å². The topological polar surface area (TPSA) is 101 Å². The van der Waals surface area contributed by atoms with Crippen molar-refractivity contribution >= 4 is 15.8 Å². The van der Waals surface area contributed by atoms with E-state index in [-0.39, 0.29) is 12.3 Å². The third kappa shape index (κ3) is 2.83. The molecule has 0 atom stereocenters. The summed E-state index contributed by atoms with van der Waals surface area (Å²) < 4.78 is 27.2. The third-order valence-corrected chi connectivity index (χ3v) is 4.38.